The molecule has 0 atom stereocenters. The molecule has 0 saturated heterocycles. The minimum absolute atomic E-state index is 0.115. The molecule has 0 saturated carbocycles. The summed E-state index contributed by atoms with van der Waals surface area (Å²) in [6, 6.07) is 0. The number of ether oxygens (including phenoxy) is 1. The zero-order valence-electron chi connectivity index (χ0n) is 12.6. The van der Waals surface area contributed by atoms with Gasteiger partial charge in [0.25, 0.3) is 0 Å². The number of esters is 1. The topological polar surface area (TPSA) is 63.6 Å². The van der Waals surface area contributed by atoms with Gasteiger partial charge < -0.3 is 9.84 Å². The molecule has 0 amide bonds. The molecule has 1 aliphatic carbocycles. The second-order valence-electron chi connectivity index (χ2n) is 5.05. The van der Waals surface area contributed by atoms with Crippen LogP contribution in [-0.4, -0.2) is 17.4 Å². The number of halogens is 1. The molecule has 0 aliphatic heterocycles. The molecule has 1 aliphatic rings. The fraction of sp³-hybridized carbons (Fsp3) is 0.294. The van der Waals surface area contributed by atoms with E-state index in [-0.39, 0.29) is 17.3 Å². The SMILES string of the molecule is CC(C)\C=C/C(C(=O)OC1=CCCC(C=O)=C1)=C(F)\C=C\O. The summed E-state index contributed by atoms with van der Waals surface area (Å²) in [5.74, 6) is -1.46. The molecule has 118 valence electrons. The van der Waals surface area contributed by atoms with E-state index in [1.807, 2.05) is 13.8 Å². The van der Waals surface area contributed by atoms with Crippen LogP contribution in [0.5, 0.6) is 0 Å². The van der Waals surface area contributed by atoms with Gasteiger partial charge in [-0.3, -0.25) is 4.79 Å². The first-order chi connectivity index (χ1) is 10.5. The van der Waals surface area contributed by atoms with Crippen molar-refractivity contribution in [3.63, 3.8) is 0 Å². The van der Waals surface area contributed by atoms with E-state index in [1.54, 1.807) is 12.2 Å². The lowest BCUT2D eigenvalue weighted by atomic mass is 10.1. The van der Waals surface area contributed by atoms with Crippen molar-refractivity contribution in [3.8, 4) is 0 Å². The highest BCUT2D eigenvalue weighted by Crippen LogP contribution is 2.20. The summed E-state index contributed by atoms with van der Waals surface area (Å²) < 4.78 is 19.0. The number of carbonyl (C=O) groups is 2. The predicted molar refractivity (Wildman–Crippen MR) is 81.4 cm³/mol. The maximum absolute atomic E-state index is 13.9. The Morgan fingerprint density at radius 2 is 2.14 bits per heavy atom. The van der Waals surface area contributed by atoms with Crippen molar-refractivity contribution in [1.82, 2.24) is 0 Å². The van der Waals surface area contributed by atoms with Gasteiger partial charge in [-0.25, -0.2) is 9.18 Å². The molecule has 0 spiro atoms. The lowest BCUT2D eigenvalue weighted by Crippen LogP contribution is -2.09. The fourth-order valence-corrected chi connectivity index (χ4v) is 1.71. The largest absolute Gasteiger partial charge is 0.515 e. The number of aldehydes is 1. The third kappa shape index (κ3) is 5.52. The van der Waals surface area contributed by atoms with Gasteiger partial charge in [0.2, 0.25) is 0 Å². The van der Waals surface area contributed by atoms with Crippen LogP contribution in [0.1, 0.15) is 26.7 Å². The Balaban J connectivity index is 2.99. The van der Waals surface area contributed by atoms with E-state index in [1.165, 1.54) is 12.2 Å². The smallest absolute Gasteiger partial charge is 0.346 e. The Kier molecular flexibility index (Phi) is 7.02. The Bertz CT molecular complexity index is 577. The lowest BCUT2D eigenvalue weighted by Gasteiger charge is -2.11. The molecule has 0 aromatic rings. The number of hydrogen-bond acceptors (Lipinski definition) is 4. The van der Waals surface area contributed by atoms with Crippen molar-refractivity contribution in [2.45, 2.75) is 26.7 Å². The third-order valence-corrected chi connectivity index (χ3v) is 2.81. The van der Waals surface area contributed by atoms with Crippen LogP contribution in [0.3, 0.4) is 0 Å². The molecule has 1 N–H and O–H groups in total. The van der Waals surface area contributed by atoms with Crippen LogP contribution in [0.25, 0.3) is 0 Å². The number of aliphatic hydroxyl groups excluding tert-OH is 1. The molecule has 5 heteroatoms. The number of rotatable bonds is 6. The van der Waals surface area contributed by atoms with E-state index < -0.39 is 11.8 Å². The van der Waals surface area contributed by atoms with Gasteiger partial charge in [-0.15, -0.1) is 0 Å². The van der Waals surface area contributed by atoms with Gasteiger partial charge in [0.1, 0.15) is 17.9 Å². The first kappa shape index (κ1) is 17.6. The minimum Gasteiger partial charge on any atom is -0.515 e. The Morgan fingerprint density at radius 3 is 2.73 bits per heavy atom. The van der Waals surface area contributed by atoms with Crippen LogP contribution in [0, 0.1) is 5.92 Å². The minimum atomic E-state index is -0.902. The monoisotopic (exact) mass is 306 g/mol. The van der Waals surface area contributed by atoms with E-state index in [4.69, 9.17) is 9.84 Å². The van der Waals surface area contributed by atoms with Crippen LogP contribution in [-0.2, 0) is 14.3 Å². The Hall–Kier alpha value is -2.43. The zero-order valence-corrected chi connectivity index (χ0v) is 12.6. The van der Waals surface area contributed by atoms with Crippen molar-refractivity contribution in [3.05, 3.63) is 59.4 Å². The van der Waals surface area contributed by atoms with E-state index in [0.29, 0.717) is 31.0 Å². The second-order valence-corrected chi connectivity index (χ2v) is 5.05. The van der Waals surface area contributed by atoms with Crippen LogP contribution in [0.4, 0.5) is 4.39 Å². The van der Waals surface area contributed by atoms with Gasteiger partial charge in [-0.05, 0) is 42.6 Å². The van der Waals surface area contributed by atoms with Gasteiger partial charge in [-0.2, -0.15) is 0 Å². The molecule has 4 nitrogen and oxygen atoms in total. The number of carbonyl (C=O) groups excluding carboxylic acids is 2. The summed E-state index contributed by atoms with van der Waals surface area (Å²) in [5.41, 5.74) is 0.218. The molecule has 22 heavy (non-hydrogen) atoms. The molecular weight excluding hydrogens is 287 g/mol. The first-order valence-corrected chi connectivity index (χ1v) is 6.94. The van der Waals surface area contributed by atoms with Crippen molar-refractivity contribution in [2.24, 2.45) is 5.92 Å². The normalized spacial score (nSPS) is 16.5. The zero-order chi connectivity index (χ0) is 16.5. The number of allylic oxidation sites excluding steroid dienone is 6. The molecule has 0 aromatic carbocycles. The van der Waals surface area contributed by atoms with Crippen molar-refractivity contribution < 1.29 is 23.8 Å². The Labute approximate surface area is 129 Å². The summed E-state index contributed by atoms with van der Waals surface area (Å²) in [6.45, 7) is 3.75. The van der Waals surface area contributed by atoms with E-state index in [9.17, 15) is 14.0 Å². The molecule has 0 radical (unpaired) electrons. The average molecular weight is 306 g/mol. The summed E-state index contributed by atoms with van der Waals surface area (Å²) >= 11 is 0. The summed E-state index contributed by atoms with van der Waals surface area (Å²) in [5, 5.41) is 8.64. The summed E-state index contributed by atoms with van der Waals surface area (Å²) in [6.07, 6.45) is 9.21. The molecule has 1 rings (SSSR count). The molecule has 0 heterocycles. The molecule has 0 fully saturated rings. The Morgan fingerprint density at radius 1 is 1.41 bits per heavy atom. The third-order valence-electron chi connectivity index (χ3n) is 2.81. The molecular formula is C17H19FO4. The molecule has 0 unspecified atom stereocenters. The number of aliphatic hydroxyl groups is 1. The maximum atomic E-state index is 13.9. The van der Waals surface area contributed by atoms with Gasteiger partial charge in [0.15, 0.2) is 0 Å². The van der Waals surface area contributed by atoms with Gasteiger partial charge in [0, 0.05) is 6.08 Å². The summed E-state index contributed by atoms with van der Waals surface area (Å²) in [4.78, 5) is 22.8. The van der Waals surface area contributed by atoms with E-state index in [0.717, 1.165) is 6.08 Å². The predicted octanol–water partition coefficient (Wildman–Crippen LogP) is 3.84. The summed E-state index contributed by atoms with van der Waals surface area (Å²) in [7, 11) is 0. The molecule has 0 aromatic heterocycles. The van der Waals surface area contributed by atoms with Crippen LogP contribution in [0.2, 0.25) is 0 Å². The van der Waals surface area contributed by atoms with E-state index >= 15 is 0 Å². The van der Waals surface area contributed by atoms with Crippen LogP contribution < -0.4 is 0 Å². The van der Waals surface area contributed by atoms with Gasteiger partial charge in [0.05, 0.1) is 11.8 Å². The van der Waals surface area contributed by atoms with Crippen LogP contribution in [0.15, 0.2) is 59.4 Å². The standard InChI is InChI=1S/C17H19FO4/c1-12(2)6-7-15(16(18)8-9-19)17(21)22-14-5-3-4-13(10-14)11-20/h5-12,19H,3-4H2,1-2H3/b7-6-,9-8+,16-15-. The van der Waals surface area contributed by atoms with Crippen molar-refractivity contribution >= 4 is 12.3 Å². The van der Waals surface area contributed by atoms with Crippen molar-refractivity contribution in [2.75, 3.05) is 0 Å². The van der Waals surface area contributed by atoms with Crippen LogP contribution >= 0.6 is 0 Å². The highest BCUT2D eigenvalue weighted by atomic mass is 19.1. The first-order valence-electron chi connectivity index (χ1n) is 6.94. The molecule has 0 bridgehead atoms. The lowest BCUT2D eigenvalue weighted by molar-refractivity contribution is -0.134. The van der Waals surface area contributed by atoms with Gasteiger partial charge in [-0.1, -0.05) is 19.9 Å². The quantitative estimate of drug-likeness (QED) is 0.266. The highest BCUT2D eigenvalue weighted by Gasteiger charge is 2.16. The maximum Gasteiger partial charge on any atom is 0.346 e. The van der Waals surface area contributed by atoms with Gasteiger partial charge >= 0.3 is 5.97 Å². The highest BCUT2D eigenvalue weighted by molar-refractivity contribution is 5.93. The fourth-order valence-electron chi connectivity index (χ4n) is 1.71. The van der Waals surface area contributed by atoms with Crippen molar-refractivity contribution in [1.29, 1.82) is 0 Å². The second kappa shape index (κ2) is 8.77. The number of hydrogen-bond donors (Lipinski definition) is 1. The average Bonchev–Trinajstić information content (AvgIpc) is 2.47. The van der Waals surface area contributed by atoms with E-state index in [2.05, 4.69) is 0 Å².